The van der Waals surface area contributed by atoms with Crippen molar-refractivity contribution in [2.75, 3.05) is 0 Å². The first-order chi connectivity index (χ1) is 9.99. The van der Waals surface area contributed by atoms with Crippen molar-refractivity contribution in [3.8, 4) is 11.1 Å². The number of fused-ring (bicyclic) bond motifs is 1. The Morgan fingerprint density at radius 1 is 1.00 bits per heavy atom. The summed E-state index contributed by atoms with van der Waals surface area (Å²) in [6.07, 6.45) is 0. The molecular formula is C18H20N2O. The van der Waals surface area contributed by atoms with Gasteiger partial charge in [-0.2, -0.15) is 5.10 Å². The Kier molecular flexibility index (Phi) is 3.30. The number of nitrogens with one attached hydrogen (secondary N) is 1. The van der Waals surface area contributed by atoms with Crippen LogP contribution in [-0.2, 0) is 12.0 Å². The molecule has 0 aliphatic carbocycles. The first-order valence-electron chi connectivity index (χ1n) is 7.18. The van der Waals surface area contributed by atoms with Crippen LogP contribution in [0.4, 0.5) is 0 Å². The molecule has 0 unspecified atom stereocenters. The highest BCUT2D eigenvalue weighted by molar-refractivity contribution is 5.86. The SMILES string of the molecule is CC(C)(C)c1ccc(-c2ccc3n[nH]c(CO)c3c2)cc1. The monoisotopic (exact) mass is 280 g/mol. The van der Waals surface area contributed by atoms with Crippen LogP contribution in [0.15, 0.2) is 42.5 Å². The fraction of sp³-hybridized carbons (Fsp3) is 0.278. The van der Waals surface area contributed by atoms with Crippen LogP contribution >= 0.6 is 0 Å². The van der Waals surface area contributed by atoms with E-state index in [4.69, 9.17) is 0 Å². The summed E-state index contributed by atoms with van der Waals surface area (Å²) in [7, 11) is 0. The zero-order valence-corrected chi connectivity index (χ0v) is 12.6. The van der Waals surface area contributed by atoms with E-state index in [1.807, 2.05) is 6.07 Å². The Balaban J connectivity index is 2.03. The molecule has 3 aromatic rings. The number of rotatable bonds is 2. The van der Waals surface area contributed by atoms with Gasteiger partial charge in [0.2, 0.25) is 0 Å². The molecule has 1 heterocycles. The van der Waals surface area contributed by atoms with Gasteiger partial charge in [-0.3, -0.25) is 5.10 Å². The van der Waals surface area contributed by atoms with Crippen molar-refractivity contribution < 1.29 is 5.11 Å². The van der Waals surface area contributed by atoms with Gasteiger partial charge in [0.1, 0.15) is 0 Å². The third kappa shape index (κ3) is 2.57. The summed E-state index contributed by atoms with van der Waals surface area (Å²) >= 11 is 0. The van der Waals surface area contributed by atoms with Gasteiger partial charge in [0, 0.05) is 5.39 Å². The average Bonchev–Trinajstić information content (AvgIpc) is 2.88. The lowest BCUT2D eigenvalue weighted by molar-refractivity contribution is 0.278. The minimum absolute atomic E-state index is 0.0249. The van der Waals surface area contributed by atoms with Crippen LogP contribution < -0.4 is 0 Å². The maximum absolute atomic E-state index is 9.34. The molecule has 3 nitrogen and oxygen atoms in total. The first kappa shape index (κ1) is 13.8. The molecule has 2 aromatic carbocycles. The summed E-state index contributed by atoms with van der Waals surface area (Å²) in [5, 5.41) is 17.4. The topological polar surface area (TPSA) is 48.9 Å². The van der Waals surface area contributed by atoms with E-state index in [0.29, 0.717) is 0 Å². The number of aromatic amines is 1. The molecule has 108 valence electrons. The number of aliphatic hydroxyl groups excluding tert-OH is 1. The Labute approximate surface area is 124 Å². The fourth-order valence-corrected chi connectivity index (χ4v) is 2.53. The van der Waals surface area contributed by atoms with Gasteiger partial charge in [0.25, 0.3) is 0 Å². The van der Waals surface area contributed by atoms with Crippen molar-refractivity contribution in [2.45, 2.75) is 32.8 Å². The average molecular weight is 280 g/mol. The Hall–Kier alpha value is -2.13. The van der Waals surface area contributed by atoms with Crippen LogP contribution in [0.25, 0.3) is 22.0 Å². The summed E-state index contributed by atoms with van der Waals surface area (Å²) < 4.78 is 0. The molecule has 3 heteroatoms. The minimum Gasteiger partial charge on any atom is -0.390 e. The van der Waals surface area contributed by atoms with Gasteiger partial charge >= 0.3 is 0 Å². The van der Waals surface area contributed by atoms with E-state index in [1.165, 1.54) is 11.1 Å². The molecule has 0 amide bonds. The standard InChI is InChI=1S/C18H20N2O/c1-18(2,3)14-7-4-12(5-8-14)13-6-9-16-15(10-13)17(11-21)20-19-16/h4-10,21H,11H2,1-3H3,(H,19,20). The van der Waals surface area contributed by atoms with E-state index >= 15 is 0 Å². The molecule has 0 aliphatic rings. The second-order valence-electron chi connectivity index (χ2n) is 6.42. The van der Waals surface area contributed by atoms with Gasteiger partial charge in [0.15, 0.2) is 0 Å². The Bertz CT molecular complexity index is 764. The lowest BCUT2D eigenvalue weighted by Crippen LogP contribution is -2.10. The minimum atomic E-state index is -0.0249. The molecule has 21 heavy (non-hydrogen) atoms. The van der Waals surface area contributed by atoms with Crippen LogP contribution in [0, 0.1) is 0 Å². The van der Waals surface area contributed by atoms with Crippen molar-refractivity contribution in [3.63, 3.8) is 0 Å². The van der Waals surface area contributed by atoms with Gasteiger partial charge in [-0.1, -0.05) is 51.1 Å². The predicted octanol–water partition coefficient (Wildman–Crippen LogP) is 4.02. The second-order valence-corrected chi connectivity index (χ2v) is 6.42. The summed E-state index contributed by atoms with van der Waals surface area (Å²) in [6, 6.07) is 14.8. The van der Waals surface area contributed by atoms with Crippen molar-refractivity contribution in [1.29, 1.82) is 0 Å². The summed E-state index contributed by atoms with van der Waals surface area (Å²) in [4.78, 5) is 0. The third-order valence-electron chi connectivity index (χ3n) is 3.88. The molecule has 0 fully saturated rings. The first-order valence-corrected chi connectivity index (χ1v) is 7.18. The van der Waals surface area contributed by atoms with Crippen LogP contribution in [0.1, 0.15) is 32.0 Å². The number of aromatic nitrogens is 2. The maximum Gasteiger partial charge on any atom is 0.0925 e. The van der Waals surface area contributed by atoms with E-state index in [2.05, 4.69) is 67.4 Å². The fourth-order valence-electron chi connectivity index (χ4n) is 2.53. The van der Waals surface area contributed by atoms with E-state index in [0.717, 1.165) is 22.2 Å². The van der Waals surface area contributed by atoms with Crippen molar-refractivity contribution >= 4 is 10.9 Å². The summed E-state index contributed by atoms with van der Waals surface area (Å²) in [5.74, 6) is 0. The molecule has 0 bridgehead atoms. The Morgan fingerprint density at radius 3 is 2.29 bits per heavy atom. The number of hydrogen-bond acceptors (Lipinski definition) is 2. The van der Waals surface area contributed by atoms with Crippen LogP contribution in [0.3, 0.4) is 0 Å². The zero-order valence-electron chi connectivity index (χ0n) is 12.6. The highest BCUT2D eigenvalue weighted by Crippen LogP contribution is 2.28. The van der Waals surface area contributed by atoms with E-state index in [9.17, 15) is 5.11 Å². The lowest BCUT2D eigenvalue weighted by atomic mass is 9.86. The van der Waals surface area contributed by atoms with Gasteiger partial charge in [0.05, 0.1) is 17.8 Å². The highest BCUT2D eigenvalue weighted by atomic mass is 16.3. The van der Waals surface area contributed by atoms with Crippen LogP contribution in [0.2, 0.25) is 0 Å². The van der Waals surface area contributed by atoms with Crippen LogP contribution in [-0.4, -0.2) is 15.3 Å². The summed E-state index contributed by atoms with van der Waals surface area (Å²) in [5.41, 5.74) is 5.45. The zero-order chi connectivity index (χ0) is 15.0. The molecular weight excluding hydrogens is 260 g/mol. The largest absolute Gasteiger partial charge is 0.390 e. The van der Waals surface area contributed by atoms with Gasteiger partial charge in [-0.05, 0) is 34.2 Å². The van der Waals surface area contributed by atoms with Gasteiger partial charge in [-0.25, -0.2) is 0 Å². The number of hydrogen-bond donors (Lipinski definition) is 2. The maximum atomic E-state index is 9.34. The highest BCUT2D eigenvalue weighted by Gasteiger charge is 2.13. The van der Waals surface area contributed by atoms with E-state index < -0.39 is 0 Å². The normalized spacial score (nSPS) is 12.0. The molecule has 0 spiro atoms. The number of aliphatic hydroxyl groups is 1. The van der Waals surface area contributed by atoms with Gasteiger partial charge in [-0.15, -0.1) is 0 Å². The lowest BCUT2D eigenvalue weighted by Gasteiger charge is -2.19. The van der Waals surface area contributed by atoms with Crippen molar-refractivity contribution in [1.82, 2.24) is 10.2 Å². The molecule has 3 rings (SSSR count). The van der Waals surface area contributed by atoms with Crippen molar-refractivity contribution in [2.24, 2.45) is 0 Å². The summed E-state index contributed by atoms with van der Waals surface area (Å²) in [6.45, 7) is 6.62. The molecule has 0 aliphatic heterocycles. The number of nitrogens with zero attached hydrogens (tertiary/aromatic N) is 1. The smallest absolute Gasteiger partial charge is 0.0925 e. The molecule has 0 saturated heterocycles. The van der Waals surface area contributed by atoms with E-state index in [-0.39, 0.29) is 12.0 Å². The second kappa shape index (κ2) is 5.01. The molecule has 0 saturated carbocycles. The van der Waals surface area contributed by atoms with E-state index in [1.54, 1.807) is 0 Å². The number of benzene rings is 2. The quantitative estimate of drug-likeness (QED) is 0.745. The molecule has 0 atom stereocenters. The predicted molar refractivity (Wildman–Crippen MR) is 86.2 cm³/mol. The molecule has 2 N–H and O–H groups in total. The van der Waals surface area contributed by atoms with Crippen LogP contribution in [0.5, 0.6) is 0 Å². The van der Waals surface area contributed by atoms with Gasteiger partial charge < -0.3 is 5.11 Å². The molecule has 1 aromatic heterocycles. The number of H-pyrrole nitrogens is 1. The molecule has 0 radical (unpaired) electrons. The van der Waals surface area contributed by atoms with Crippen molar-refractivity contribution in [3.05, 3.63) is 53.7 Å². The Morgan fingerprint density at radius 2 is 1.67 bits per heavy atom. The third-order valence-corrected chi connectivity index (χ3v) is 3.88.